The van der Waals surface area contributed by atoms with E-state index < -0.39 is 0 Å². The molecular weight excluding hydrogens is 254 g/mol. The van der Waals surface area contributed by atoms with Gasteiger partial charge in [0.1, 0.15) is 11.6 Å². The van der Waals surface area contributed by atoms with Gasteiger partial charge in [-0.2, -0.15) is 10.4 Å². The van der Waals surface area contributed by atoms with Gasteiger partial charge in [-0.1, -0.05) is 13.8 Å². The molecule has 0 aliphatic carbocycles. The minimum Gasteiger partial charge on any atom is -0.374 e. The standard InChI is InChI=1S/C14H21N5O/c1-3-11-12(7-15)14(19-18-13(11)4-2)17-9-10-8-16-5-6-20-10/h10,16H,3-6,8-9H2,1-2H3,(H,17,19). The van der Waals surface area contributed by atoms with Gasteiger partial charge < -0.3 is 15.4 Å². The van der Waals surface area contributed by atoms with E-state index in [9.17, 15) is 5.26 Å². The third kappa shape index (κ3) is 3.24. The van der Waals surface area contributed by atoms with Crippen LogP contribution in [0.3, 0.4) is 0 Å². The highest BCUT2D eigenvalue weighted by molar-refractivity contribution is 5.56. The van der Waals surface area contributed by atoms with Gasteiger partial charge in [0.05, 0.1) is 18.4 Å². The zero-order chi connectivity index (χ0) is 14.4. The van der Waals surface area contributed by atoms with Gasteiger partial charge >= 0.3 is 0 Å². The Kier molecular flexibility index (Phi) is 5.27. The van der Waals surface area contributed by atoms with Crippen molar-refractivity contribution in [3.05, 3.63) is 16.8 Å². The van der Waals surface area contributed by atoms with Crippen LogP contribution in [0.5, 0.6) is 0 Å². The summed E-state index contributed by atoms with van der Waals surface area (Å²) in [5.41, 5.74) is 2.52. The van der Waals surface area contributed by atoms with Gasteiger partial charge in [0, 0.05) is 19.6 Å². The molecule has 0 bridgehead atoms. The summed E-state index contributed by atoms with van der Waals surface area (Å²) in [5, 5.41) is 24.2. The maximum Gasteiger partial charge on any atom is 0.167 e. The van der Waals surface area contributed by atoms with Crippen molar-refractivity contribution >= 4 is 5.82 Å². The summed E-state index contributed by atoms with van der Waals surface area (Å²) in [5.74, 6) is 0.565. The number of ether oxygens (including phenoxy) is 1. The van der Waals surface area contributed by atoms with Crippen LogP contribution >= 0.6 is 0 Å². The second kappa shape index (κ2) is 7.17. The summed E-state index contributed by atoms with van der Waals surface area (Å²) in [7, 11) is 0. The first-order chi connectivity index (χ1) is 9.80. The molecule has 0 saturated carbocycles. The van der Waals surface area contributed by atoms with Crippen molar-refractivity contribution in [2.24, 2.45) is 0 Å². The fourth-order valence-corrected chi connectivity index (χ4v) is 2.38. The Bertz CT molecular complexity index is 491. The van der Waals surface area contributed by atoms with Gasteiger partial charge in [0.25, 0.3) is 0 Å². The second-order valence-electron chi connectivity index (χ2n) is 4.75. The Morgan fingerprint density at radius 2 is 2.25 bits per heavy atom. The summed E-state index contributed by atoms with van der Waals surface area (Å²) < 4.78 is 5.62. The molecule has 1 aromatic heterocycles. The van der Waals surface area contributed by atoms with Crippen molar-refractivity contribution in [1.82, 2.24) is 15.5 Å². The molecule has 2 rings (SSSR count). The van der Waals surface area contributed by atoms with E-state index in [1.54, 1.807) is 0 Å². The normalized spacial score (nSPS) is 18.6. The molecule has 20 heavy (non-hydrogen) atoms. The molecule has 108 valence electrons. The van der Waals surface area contributed by atoms with Crippen molar-refractivity contribution in [3.8, 4) is 6.07 Å². The minimum atomic E-state index is 0.105. The molecule has 0 radical (unpaired) electrons. The number of anilines is 1. The molecule has 0 aromatic carbocycles. The number of hydrogen-bond acceptors (Lipinski definition) is 6. The van der Waals surface area contributed by atoms with E-state index in [0.29, 0.717) is 17.9 Å². The molecule has 1 aromatic rings. The number of hydrogen-bond donors (Lipinski definition) is 2. The number of aromatic nitrogens is 2. The van der Waals surface area contributed by atoms with Crippen molar-refractivity contribution in [2.75, 3.05) is 31.6 Å². The highest BCUT2D eigenvalue weighted by Gasteiger charge is 2.17. The number of morpholine rings is 1. The molecule has 1 saturated heterocycles. The van der Waals surface area contributed by atoms with E-state index in [1.807, 2.05) is 13.8 Å². The first-order valence-corrected chi connectivity index (χ1v) is 7.14. The summed E-state index contributed by atoms with van der Waals surface area (Å²) in [6.07, 6.45) is 1.69. The summed E-state index contributed by atoms with van der Waals surface area (Å²) >= 11 is 0. The molecule has 1 aliphatic heterocycles. The van der Waals surface area contributed by atoms with E-state index in [0.717, 1.165) is 43.8 Å². The Balaban J connectivity index is 2.12. The highest BCUT2D eigenvalue weighted by Crippen LogP contribution is 2.19. The lowest BCUT2D eigenvalue weighted by Gasteiger charge is -2.24. The monoisotopic (exact) mass is 275 g/mol. The molecule has 2 N–H and O–H groups in total. The number of nitrogens with zero attached hydrogens (tertiary/aromatic N) is 3. The van der Waals surface area contributed by atoms with Crippen molar-refractivity contribution in [1.29, 1.82) is 5.26 Å². The van der Waals surface area contributed by atoms with Crippen LogP contribution in [0.15, 0.2) is 0 Å². The van der Waals surface area contributed by atoms with Crippen LogP contribution in [0.2, 0.25) is 0 Å². The van der Waals surface area contributed by atoms with Crippen LogP contribution in [0.25, 0.3) is 0 Å². The summed E-state index contributed by atoms with van der Waals surface area (Å²) in [4.78, 5) is 0. The lowest BCUT2D eigenvalue weighted by molar-refractivity contribution is 0.0372. The fourth-order valence-electron chi connectivity index (χ4n) is 2.38. The van der Waals surface area contributed by atoms with E-state index in [1.165, 1.54) is 0 Å². The molecule has 0 spiro atoms. The molecule has 0 amide bonds. The maximum absolute atomic E-state index is 9.39. The Morgan fingerprint density at radius 3 is 2.85 bits per heavy atom. The minimum absolute atomic E-state index is 0.105. The number of nitriles is 1. The molecule has 1 fully saturated rings. The summed E-state index contributed by atoms with van der Waals surface area (Å²) in [6, 6.07) is 2.26. The lowest BCUT2D eigenvalue weighted by atomic mass is 10.0. The number of nitrogens with one attached hydrogen (secondary N) is 2. The van der Waals surface area contributed by atoms with Crippen LogP contribution in [-0.4, -0.2) is 42.5 Å². The van der Waals surface area contributed by atoms with Crippen LogP contribution in [0.4, 0.5) is 5.82 Å². The third-order valence-electron chi connectivity index (χ3n) is 3.46. The zero-order valence-electron chi connectivity index (χ0n) is 12.1. The predicted octanol–water partition coefficient (Wildman–Crippen LogP) is 0.873. The van der Waals surface area contributed by atoms with Crippen LogP contribution < -0.4 is 10.6 Å². The highest BCUT2D eigenvalue weighted by atomic mass is 16.5. The van der Waals surface area contributed by atoms with Gasteiger partial charge in [0.2, 0.25) is 0 Å². The average Bonchev–Trinajstić information content (AvgIpc) is 2.52. The van der Waals surface area contributed by atoms with E-state index >= 15 is 0 Å². The van der Waals surface area contributed by atoms with E-state index in [4.69, 9.17) is 4.74 Å². The van der Waals surface area contributed by atoms with Gasteiger partial charge in [0.15, 0.2) is 5.82 Å². The van der Waals surface area contributed by atoms with Gasteiger partial charge in [-0.25, -0.2) is 0 Å². The Morgan fingerprint density at radius 1 is 1.40 bits per heavy atom. The summed E-state index contributed by atoms with van der Waals surface area (Å²) in [6.45, 7) is 7.12. The van der Waals surface area contributed by atoms with Crippen LogP contribution in [-0.2, 0) is 17.6 Å². The van der Waals surface area contributed by atoms with E-state index in [-0.39, 0.29) is 6.10 Å². The smallest absolute Gasteiger partial charge is 0.167 e. The van der Waals surface area contributed by atoms with Gasteiger partial charge in [-0.3, -0.25) is 0 Å². The number of aryl methyl sites for hydroxylation is 1. The predicted molar refractivity (Wildman–Crippen MR) is 76.6 cm³/mol. The molecule has 6 nitrogen and oxygen atoms in total. The van der Waals surface area contributed by atoms with E-state index in [2.05, 4.69) is 26.9 Å². The van der Waals surface area contributed by atoms with Crippen LogP contribution in [0, 0.1) is 11.3 Å². The SMILES string of the molecule is CCc1nnc(NCC2CNCCO2)c(C#N)c1CC. The quantitative estimate of drug-likeness (QED) is 0.830. The first kappa shape index (κ1) is 14.7. The Labute approximate surface area is 119 Å². The van der Waals surface area contributed by atoms with Crippen molar-refractivity contribution in [2.45, 2.75) is 32.8 Å². The molecule has 2 heterocycles. The first-order valence-electron chi connectivity index (χ1n) is 7.14. The van der Waals surface area contributed by atoms with Gasteiger partial charge in [-0.05, 0) is 18.4 Å². The van der Waals surface area contributed by atoms with Crippen molar-refractivity contribution in [3.63, 3.8) is 0 Å². The van der Waals surface area contributed by atoms with Crippen LogP contribution in [0.1, 0.15) is 30.7 Å². The second-order valence-corrected chi connectivity index (χ2v) is 4.75. The fraction of sp³-hybridized carbons (Fsp3) is 0.643. The lowest BCUT2D eigenvalue weighted by Crippen LogP contribution is -2.42. The molecule has 1 atom stereocenters. The van der Waals surface area contributed by atoms with Gasteiger partial charge in [-0.15, -0.1) is 5.10 Å². The Hall–Kier alpha value is -1.71. The molecule has 6 heteroatoms. The zero-order valence-corrected chi connectivity index (χ0v) is 12.1. The molecule has 1 aliphatic rings. The largest absolute Gasteiger partial charge is 0.374 e. The average molecular weight is 275 g/mol. The maximum atomic E-state index is 9.39. The third-order valence-corrected chi connectivity index (χ3v) is 3.46. The molecular formula is C14H21N5O. The van der Waals surface area contributed by atoms with Crippen molar-refractivity contribution < 1.29 is 4.74 Å². The molecule has 1 unspecified atom stereocenters. The number of rotatable bonds is 5. The topological polar surface area (TPSA) is 82.9 Å².